The quantitative estimate of drug-likeness (QED) is 0.596. The molecule has 1 heterocycles. The molecular formula is C13H13Cl2N5O2S. The van der Waals surface area contributed by atoms with E-state index in [2.05, 4.69) is 20.9 Å². The summed E-state index contributed by atoms with van der Waals surface area (Å²) in [5.74, 6) is -0.566. The number of benzene rings is 1. The van der Waals surface area contributed by atoms with Gasteiger partial charge in [-0.2, -0.15) is 5.10 Å². The third-order valence-corrected chi connectivity index (χ3v) is 4.36. The highest BCUT2D eigenvalue weighted by Gasteiger charge is 2.08. The Kier molecular flexibility index (Phi) is 6.69. The molecule has 0 saturated carbocycles. The largest absolute Gasteiger partial charge is 0.273 e. The predicted octanol–water partition coefficient (Wildman–Crippen LogP) is 1.91. The molecule has 10 heteroatoms. The van der Waals surface area contributed by atoms with Crippen molar-refractivity contribution >= 4 is 46.8 Å². The molecule has 0 saturated heterocycles. The topological polar surface area (TPSA) is 88.9 Å². The fourth-order valence-corrected chi connectivity index (χ4v) is 2.83. The molecule has 7 nitrogen and oxygen atoms in total. The SMILES string of the molecule is O=C(CCn1cncn1)NNC(=O)CSc1cc(Cl)ccc1Cl. The van der Waals surface area contributed by atoms with E-state index in [0.717, 1.165) is 0 Å². The second kappa shape index (κ2) is 8.76. The number of nitrogens with one attached hydrogen (secondary N) is 2. The molecule has 0 atom stereocenters. The molecule has 0 aliphatic carbocycles. The average Bonchev–Trinajstić information content (AvgIpc) is 3.05. The zero-order chi connectivity index (χ0) is 16.7. The summed E-state index contributed by atoms with van der Waals surface area (Å²) in [7, 11) is 0. The summed E-state index contributed by atoms with van der Waals surface area (Å²) < 4.78 is 1.53. The molecule has 1 aromatic heterocycles. The van der Waals surface area contributed by atoms with Gasteiger partial charge in [-0.15, -0.1) is 11.8 Å². The number of thioether (sulfide) groups is 1. The van der Waals surface area contributed by atoms with E-state index in [4.69, 9.17) is 23.2 Å². The first-order valence-electron chi connectivity index (χ1n) is 6.52. The van der Waals surface area contributed by atoms with E-state index in [1.807, 2.05) is 0 Å². The van der Waals surface area contributed by atoms with Gasteiger partial charge in [0.1, 0.15) is 12.7 Å². The minimum atomic E-state index is -0.347. The highest BCUT2D eigenvalue weighted by atomic mass is 35.5. The van der Waals surface area contributed by atoms with Crippen molar-refractivity contribution in [2.24, 2.45) is 0 Å². The van der Waals surface area contributed by atoms with Crippen LogP contribution in [0, 0.1) is 0 Å². The minimum Gasteiger partial charge on any atom is -0.273 e. The number of halogens is 2. The van der Waals surface area contributed by atoms with Crippen LogP contribution in [0.2, 0.25) is 10.0 Å². The molecular weight excluding hydrogens is 361 g/mol. The molecule has 0 aliphatic heterocycles. The first kappa shape index (κ1) is 17.6. The number of hydrogen-bond acceptors (Lipinski definition) is 5. The second-order valence-electron chi connectivity index (χ2n) is 4.37. The molecule has 2 N–H and O–H groups in total. The Hall–Kier alpha value is -1.77. The number of aromatic nitrogens is 3. The first-order valence-corrected chi connectivity index (χ1v) is 8.26. The number of rotatable bonds is 6. The summed E-state index contributed by atoms with van der Waals surface area (Å²) in [5.41, 5.74) is 4.67. The van der Waals surface area contributed by atoms with E-state index in [9.17, 15) is 9.59 Å². The van der Waals surface area contributed by atoms with Crippen LogP contribution >= 0.6 is 35.0 Å². The number of hydrogen-bond donors (Lipinski definition) is 2. The van der Waals surface area contributed by atoms with Gasteiger partial charge in [0.05, 0.1) is 17.3 Å². The maximum Gasteiger partial charge on any atom is 0.248 e. The summed E-state index contributed by atoms with van der Waals surface area (Å²) in [6.07, 6.45) is 3.08. The van der Waals surface area contributed by atoms with Gasteiger partial charge in [0, 0.05) is 16.3 Å². The van der Waals surface area contributed by atoms with Crippen LogP contribution in [-0.4, -0.2) is 32.3 Å². The molecule has 1 aromatic carbocycles. The Morgan fingerprint density at radius 3 is 2.74 bits per heavy atom. The molecule has 0 unspecified atom stereocenters. The Morgan fingerprint density at radius 1 is 1.22 bits per heavy atom. The fourth-order valence-electron chi connectivity index (χ4n) is 1.53. The molecule has 0 radical (unpaired) electrons. The van der Waals surface area contributed by atoms with E-state index in [1.54, 1.807) is 18.2 Å². The predicted molar refractivity (Wildman–Crippen MR) is 88.1 cm³/mol. The highest BCUT2D eigenvalue weighted by molar-refractivity contribution is 8.00. The summed E-state index contributed by atoms with van der Waals surface area (Å²) in [4.78, 5) is 27.8. The van der Waals surface area contributed by atoms with Crippen LogP contribution < -0.4 is 10.9 Å². The first-order chi connectivity index (χ1) is 11.0. The average molecular weight is 374 g/mol. The maximum absolute atomic E-state index is 11.7. The van der Waals surface area contributed by atoms with Crippen molar-refractivity contribution in [1.82, 2.24) is 25.6 Å². The van der Waals surface area contributed by atoms with Gasteiger partial charge in [-0.25, -0.2) is 4.98 Å². The van der Waals surface area contributed by atoms with Crippen LogP contribution in [-0.2, 0) is 16.1 Å². The lowest BCUT2D eigenvalue weighted by molar-refractivity contribution is -0.127. The Labute approximate surface area is 146 Å². The van der Waals surface area contributed by atoms with Crippen molar-refractivity contribution < 1.29 is 9.59 Å². The van der Waals surface area contributed by atoms with Gasteiger partial charge in [-0.1, -0.05) is 23.2 Å². The third-order valence-electron chi connectivity index (χ3n) is 2.63. The zero-order valence-corrected chi connectivity index (χ0v) is 14.2. The zero-order valence-electron chi connectivity index (χ0n) is 11.8. The Bertz CT molecular complexity index is 681. The Balaban J connectivity index is 1.68. The van der Waals surface area contributed by atoms with Crippen molar-refractivity contribution in [2.45, 2.75) is 17.9 Å². The summed E-state index contributed by atoms with van der Waals surface area (Å²) in [6.45, 7) is 0.384. The minimum absolute atomic E-state index is 0.101. The van der Waals surface area contributed by atoms with Crippen LogP contribution in [0.4, 0.5) is 0 Å². The lowest BCUT2D eigenvalue weighted by atomic mass is 10.4. The molecule has 122 valence electrons. The number of aryl methyl sites for hydroxylation is 1. The Morgan fingerprint density at radius 2 is 2.00 bits per heavy atom. The van der Waals surface area contributed by atoms with E-state index >= 15 is 0 Å². The highest BCUT2D eigenvalue weighted by Crippen LogP contribution is 2.29. The van der Waals surface area contributed by atoms with Crippen LogP contribution in [0.15, 0.2) is 35.7 Å². The number of carbonyl (C=O) groups excluding carboxylic acids is 2. The number of nitrogens with zero attached hydrogens (tertiary/aromatic N) is 3. The van der Waals surface area contributed by atoms with Gasteiger partial charge in [-0.3, -0.25) is 25.1 Å². The molecule has 0 fully saturated rings. The van der Waals surface area contributed by atoms with Crippen molar-refractivity contribution in [3.05, 3.63) is 40.9 Å². The lowest BCUT2D eigenvalue weighted by Gasteiger charge is -2.08. The van der Waals surface area contributed by atoms with Crippen molar-refractivity contribution in [1.29, 1.82) is 0 Å². The maximum atomic E-state index is 11.7. The van der Waals surface area contributed by atoms with Crippen LogP contribution in [0.5, 0.6) is 0 Å². The molecule has 2 amide bonds. The van der Waals surface area contributed by atoms with Crippen molar-refractivity contribution in [3.63, 3.8) is 0 Å². The second-order valence-corrected chi connectivity index (χ2v) is 6.23. The standard InChI is InChI=1S/C13H13Cl2N5O2S/c14-9-1-2-10(15)11(5-9)23-6-13(22)19-18-12(21)3-4-20-8-16-7-17-20/h1-2,5,7-8H,3-4,6H2,(H,18,21)(H,19,22). The lowest BCUT2D eigenvalue weighted by Crippen LogP contribution is -2.42. The summed E-state index contributed by atoms with van der Waals surface area (Å²) in [6, 6.07) is 5.01. The molecule has 0 spiro atoms. The van der Waals surface area contributed by atoms with E-state index in [1.165, 1.54) is 29.1 Å². The molecule has 0 aliphatic rings. The normalized spacial score (nSPS) is 10.3. The molecule has 23 heavy (non-hydrogen) atoms. The van der Waals surface area contributed by atoms with Gasteiger partial charge in [0.25, 0.3) is 0 Å². The number of amides is 2. The van der Waals surface area contributed by atoms with E-state index in [0.29, 0.717) is 21.5 Å². The smallest absolute Gasteiger partial charge is 0.248 e. The van der Waals surface area contributed by atoms with Gasteiger partial charge in [0.15, 0.2) is 0 Å². The molecule has 0 bridgehead atoms. The summed E-state index contributed by atoms with van der Waals surface area (Å²) in [5, 5.41) is 4.93. The fraction of sp³-hybridized carbons (Fsp3) is 0.231. The summed E-state index contributed by atoms with van der Waals surface area (Å²) >= 11 is 13.1. The van der Waals surface area contributed by atoms with Crippen LogP contribution in [0.25, 0.3) is 0 Å². The van der Waals surface area contributed by atoms with E-state index in [-0.39, 0.29) is 24.0 Å². The number of hydrazine groups is 1. The van der Waals surface area contributed by atoms with Crippen LogP contribution in [0.1, 0.15) is 6.42 Å². The van der Waals surface area contributed by atoms with E-state index < -0.39 is 0 Å². The van der Waals surface area contributed by atoms with Gasteiger partial charge < -0.3 is 0 Å². The van der Waals surface area contributed by atoms with Crippen LogP contribution in [0.3, 0.4) is 0 Å². The molecule has 2 aromatic rings. The third kappa shape index (κ3) is 6.09. The van der Waals surface area contributed by atoms with Crippen molar-refractivity contribution in [3.8, 4) is 0 Å². The van der Waals surface area contributed by atoms with Gasteiger partial charge in [0.2, 0.25) is 11.8 Å². The molecule has 2 rings (SSSR count). The van der Waals surface area contributed by atoms with Crippen molar-refractivity contribution in [2.75, 3.05) is 5.75 Å². The van der Waals surface area contributed by atoms with Gasteiger partial charge >= 0.3 is 0 Å². The van der Waals surface area contributed by atoms with Gasteiger partial charge in [-0.05, 0) is 18.2 Å². The number of carbonyl (C=O) groups is 2. The monoisotopic (exact) mass is 373 g/mol.